The van der Waals surface area contributed by atoms with E-state index >= 15 is 0 Å². The van der Waals surface area contributed by atoms with E-state index < -0.39 is 15.9 Å². The fourth-order valence-electron chi connectivity index (χ4n) is 3.22. The van der Waals surface area contributed by atoms with Crippen molar-refractivity contribution < 1.29 is 18.3 Å². The summed E-state index contributed by atoms with van der Waals surface area (Å²) in [5.41, 5.74) is 6.67. The third-order valence-corrected chi connectivity index (χ3v) is 6.14. The fraction of sp³-hybridized carbons (Fsp3) is 0.286. The SMILES string of the molecule is NC(=O)c1cc2c(cc1O)NCCCCC/C=C\Cc1cccc(c1)NS2(=O)=O. The van der Waals surface area contributed by atoms with Gasteiger partial charge in [-0.3, -0.25) is 9.52 Å². The number of nitrogens with one attached hydrogen (secondary N) is 2. The molecule has 0 aromatic heterocycles. The van der Waals surface area contributed by atoms with E-state index in [0.29, 0.717) is 18.7 Å². The van der Waals surface area contributed by atoms with Crippen LogP contribution in [0.25, 0.3) is 0 Å². The summed E-state index contributed by atoms with van der Waals surface area (Å²) in [6.07, 6.45) is 8.82. The summed E-state index contributed by atoms with van der Waals surface area (Å²) >= 11 is 0. The van der Waals surface area contributed by atoms with Gasteiger partial charge in [-0.1, -0.05) is 30.7 Å². The highest BCUT2D eigenvalue weighted by Gasteiger charge is 2.23. The van der Waals surface area contributed by atoms with E-state index in [2.05, 4.69) is 22.2 Å². The molecular formula is C21H25N3O4S. The molecule has 1 amide bonds. The molecule has 0 spiro atoms. The number of phenols is 1. The van der Waals surface area contributed by atoms with E-state index in [4.69, 9.17) is 5.73 Å². The molecule has 1 aliphatic heterocycles. The minimum atomic E-state index is -4.03. The quantitative estimate of drug-likeness (QED) is 0.532. The van der Waals surface area contributed by atoms with Gasteiger partial charge in [0.15, 0.2) is 0 Å². The van der Waals surface area contributed by atoms with Crippen molar-refractivity contribution in [1.82, 2.24) is 0 Å². The summed E-state index contributed by atoms with van der Waals surface area (Å²) < 4.78 is 28.7. The van der Waals surface area contributed by atoms with Gasteiger partial charge in [0.05, 0.1) is 11.3 Å². The number of anilines is 2. The Balaban J connectivity index is 2.05. The lowest BCUT2D eigenvalue weighted by Gasteiger charge is -2.16. The zero-order chi connectivity index (χ0) is 20.9. The first-order valence-electron chi connectivity index (χ1n) is 9.54. The molecule has 1 heterocycles. The van der Waals surface area contributed by atoms with E-state index in [0.717, 1.165) is 37.3 Å². The molecule has 2 aromatic rings. The van der Waals surface area contributed by atoms with Crippen molar-refractivity contribution in [2.24, 2.45) is 5.73 Å². The number of primary amides is 1. The van der Waals surface area contributed by atoms with Gasteiger partial charge in [-0.15, -0.1) is 0 Å². The van der Waals surface area contributed by atoms with Gasteiger partial charge in [-0.25, -0.2) is 8.42 Å². The fourth-order valence-corrected chi connectivity index (χ4v) is 4.46. The second-order valence-corrected chi connectivity index (χ2v) is 8.64. The van der Waals surface area contributed by atoms with Crippen molar-refractivity contribution in [2.75, 3.05) is 16.6 Å². The standard InChI is InChI=1S/C21H25N3O4S/c22-21(26)17-13-20-18(14-19(17)25)23-11-6-4-2-1-3-5-8-15-9-7-10-16(12-15)24-29(20,27)28/h3,5,7,9-10,12-14,23-25H,1-2,4,6,8,11H2,(H2,22,26)/b5-3-. The molecule has 0 atom stereocenters. The van der Waals surface area contributed by atoms with Gasteiger partial charge in [0.1, 0.15) is 10.6 Å². The molecule has 2 aromatic carbocycles. The van der Waals surface area contributed by atoms with E-state index in [1.54, 1.807) is 18.2 Å². The molecule has 3 rings (SSSR count). The van der Waals surface area contributed by atoms with Crippen LogP contribution in [0, 0.1) is 0 Å². The van der Waals surface area contributed by atoms with Crippen LogP contribution in [0.15, 0.2) is 53.4 Å². The topological polar surface area (TPSA) is 122 Å². The Bertz CT molecular complexity index is 1030. The summed E-state index contributed by atoms with van der Waals surface area (Å²) in [5, 5.41) is 13.2. The molecule has 0 unspecified atom stereocenters. The van der Waals surface area contributed by atoms with Gasteiger partial charge in [0, 0.05) is 18.3 Å². The zero-order valence-electron chi connectivity index (χ0n) is 16.0. The number of sulfonamides is 1. The molecule has 0 saturated heterocycles. The molecule has 0 fully saturated rings. The van der Waals surface area contributed by atoms with Crippen LogP contribution in [0.5, 0.6) is 5.75 Å². The van der Waals surface area contributed by atoms with Gasteiger partial charge in [0.25, 0.3) is 15.9 Å². The van der Waals surface area contributed by atoms with Crippen LogP contribution in [0.1, 0.15) is 41.6 Å². The number of nitrogens with two attached hydrogens (primary N) is 1. The minimum absolute atomic E-state index is 0.138. The molecule has 0 saturated carbocycles. The van der Waals surface area contributed by atoms with E-state index in [-0.39, 0.29) is 21.9 Å². The number of hydrogen-bond acceptors (Lipinski definition) is 5. The van der Waals surface area contributed by atoms with Crippen LogP contribution in [-0.2, 0) is 16.4 Å². The zero-order valence-corrected chi connectivity index (χ0v) is 16.8. The number of allylic oxidation sites excluding steroid dienone is 2. The van der Waals surface area contributed by atoms with Crippen molar-refractivity contribution >= 4 is 27.3 Å². The molecule has 0 aliphatic carbocycles. The number of hydrogen-bond donors (Lipinski definition) is 4. The normalized spacial score (nSPS) is 17.9. The van der Waals surface area contributed by atoms with Crippen LogP contribution in [0.2, 0.25) is 0 Å². The van der Waals surface area contributed by atoms with Crippen molar-refractivity contribution in [3.8, 4) is 5.75 Å². The predicted molar refractivity (Wildman–Crippen MR) is 114 cm³/mol. The van der Waals surface area contributed by atoms with Crippen LogP contribution >= 0.6 is 0 Å². The maximum absolute atomic E-state index is 13.1. The Kier molecular flexibility index (Phi) is 6.43. The number of amides is 1. The molecule has 2 bridgehead atoms. The molecular weight excluding hydrogens is 390 g/mol. The van der Waals surface area contributed by atoms with Crippen molar-refractivity contribution in [3.05, 3.63) is 59.7 Å². The molecule has 0 radical (unpaired) electrons. The van der Waals surface area contributed by atoms with Crippen LogP contribution < -0.4 is 15.8 Å². The first kappa shape index (κ1) is 20.7. The minimum Gasteiger partial charge on any atom is -0.507 e. The Hall–Kier alpha value is -3.00. The highest BCUT2D eigenvalue weighted by atomic mass is 32.2. The smallest absolute Gasteiger partial charge is 0.263 e. The van der Waals surface area contributed by atoms with Crippen molar-refractivity contribution in [2.45, 2.75) is 37.0 Å². The number of carbonyl (C=O) groups is 1. The maximum Gasteiger partial charge on any atom is 0.263 e. The summed E-state index contributed by atoms with van der Waals surface area (Å²) in [5.74, 6) is -1.26. The van der Waals surface area contributed by atoms with Crippen LogP contribution in [0.3, 0.4) is 0 Å². The second-order valence-electron chi connectivity index (χ2n) is 6.99. The van der Waals surface area contributed by atoms with Gasteiger partial charge < -0.3 is 16.2 Å². The monoisotopic (exact) mass is 415 g/mol. The summed E-state index contributed by atoms with van der Waals surface area (Å²) in [4.78, 5) is 11.5. The highest BCUT2D eigenvalue weighted by Crippen LogP contribution is 2.31. The number of rotatable bonds is 1. The molecule has 5 N–H and O–H groups in total. The number of benzene rings is 2. The number of carbonyl (C=O) groups excluding carboxylic acids is 1. The average molecular weight is 416 g/mol. The van der Waals surface area contributed by atoms with E-state index in [1.165, 1.54) is 6.07 Å². The third kappa shape index (κ3) is 5.29. The lowest BCUT2D eigenvalue weighted by Crippen LogP contribution is -2.18. The number of aromatic hydroxyl groups is 1. The molecule has 29 heavy (non-hydrogen) atoms. The van der Waals surface area contributed by atoms with Gasteiger partial charge in [-0.05, 0) is 49.4 Å². The lowest BCUT2D eigenvalue weighted by molar-refractivity contribution is 0.0997. The summed E-state index contributed by atoms with van der Waals surface area (Å²) in [6, 6.07) is 9.50. The Labute approximate surface area is 170 Å². The van der Waals surface area contributed by atoms with Gasteiger partial charge in [0.2, 0.25) is 0 Å². The molecule has 8 heteroatoms. The Morgan fingerprint density at radius 2 is 1.90 bits per heavy atom. The first-order valence-corrected chi connectivity index (χ1v) is 11.0. The Morgan fingerprint density at radius 3 is 2.69 bits per heavy atom. The first-order chi connectivity index (χ1) is 13.9. The van der Waals surface area contributed by atoms with Gasteiger partial charge in [-0.2, -0.15) is 0 Å². The molecule has 7 nitrogen and oxygen atoms in total. The summed E-state index contributed by atoms with van der Waals surface area (Å²) in [7, 11) is -4.03. The maximum atomic E-state index is 13.1. The van der Waals surface area contributed by atoms with Crippen LogP contribution in [0.4, 0.5) is 11.4 Å². The van der Waals surface area contributed by atoms with Crippen molar-refractivity contribution in [3.63, 3.8) is 0 Å². The summed E-state index contributed by atoms with van der Waals surface area (Å²) in [6.45, 7) is 0.539. The van der Waals surface area contributed by atoms with Crippen LogP contribution in [-0.4, -0.2) is 26.0 Å². The largest absolute Gasteiger partial charge is 0.507 e. The Morgan fingerprint density at radius 1 is 1.07 bits per heavy atom. The average Bonchev–Trinajstić information content (AvgIpc) is 2.65. The van der Waals surface area contributed by atoms with E-state index in [9.17, 15) is 18.3 Å². The molecule has 1 aliphatic rings. The number of fused-ring (bicyclic) bond motifs is 3. The highest BCUT2D eigenvalue weighted by molar-refractivity contribution is 7.92. The molecule has 154 valence electrons. The van der Waals surface area contributed by atoms with Crippen molar-refractivity contribution in [1.29, 1.82) is 0 Å². The van der Waals surface area contributed by atoms with Gasteiger partial charge >= 0.3 is 0 Å². The van der Waals surface area contributed by atoms with E-state index in [1.807, 2.05) is 6.07 Å². The lowest BCUT2D eigenvalue weighted by atomic mass is 10.1. The second kappa shape index (κ2) is 9.00. The predicted octanol–water partition coefficient (Wildman–Crippen LogP) is 3.38. The third-order valence-electron chi connectivity index (χ3n) is 4.72.